The number of esters is 1. The lowest BCUT2D eigenvalue weighted by Gasteiger charge is -2.71. The Bertz CT molecular complexity index is 2280. The van der Waals surface area contributed by atoms with Crippen molar-refractivity contribution in [2.24, 2.45) is 44.8 Å². The number of aromatic nitrogens is 3. The minimum atomic E-state index is -2.14. The van der Waals surface area contributed by atoms with Crippen molar-refractivity contribution in [1.82, 2.24) is 19.3 Å². The summed E-state index contributed by atoms with van der Waals surface area (Å²) < 4.78 is 15.4. The molecule has 0 bridgehead atoms. The van der Waals surface area contributed by atoms with Crippen molar-refractivity contribution >= 4 is 25.6 Å². The van der Waals surface area contributed by atoms with Crippen LogP contribution in [0, 0.1) is 44.8 Å². The number of benzene rings is 1. The molecule has 7 atom stereocenters. The monoisotopic (exact) mass is 904 g/mol. The average Bonchev–Trinajstić information content (AvgIpc) is 3.83. The minimum Gasteiger partial charge on any atom is -0.460 e. The molecule has 2 aromatic heterocycles. The fraction of sp³-hybridized carbons (Fsp3) is 0.714. The molecule has 4 fully saturated rings. The van der Waals surface area contributed by atoms with E-state index in [-0.39, 0.29) is 39.0 Å². The molecule has 3 N–H and O–H groups in total. The lowest BCUT2D eigenvalue weighted by Crippen LogP contribution is -2.65. The number of rotatable bonds is 10. The molecule has 3 saturated carbocycles. The first-order valence-corrected chi connectivity index (χ1v) is 28.0. The maximum atomic E-state index is 15.4. The molecule has 0 spiro atoms. The van der Waals surface area contributed by atoms with Gasteiger partial charge in [0.15, 0.2) is 8.24 Å². The van der Waals surface area contributed by atoms with E-state index in [1.54, 1.807) is 11.1 Å². The normalized spacial score (nSPS) is 33.3. The van der Waals surface area contributed by atoms with Gasteiger partial charge in [0.1, 0.15) is 12.4 Å². The van der Waals surface area contributed by atoms with E-state index in [9.17, 15) is 0 Å². The molecule has 1 aromatic carbocycles. The van der Waals surface area contributed by atoms with Gasteiger partial charge < -0.3 is 19.4 Å². The number of nitrogens with two attached hydrogens (primary N) is 1. The zero-order chi connectivity index (χ0) is 46.7. The number of nitrogens with zero attached hydrogens (tertiary/aromatic N) is 3. The van der Waals surface area contributed by atoms with Gasteiger partial charge >= 0.3 is 5.97 Å². The van der Waals surface area contributed by atoms with E-state index in [1.807, 2.05) is 6.07 Å². The number of nitrogen functional groups attached to an aromatic ring is 1. The number of fused-ring (bicyclic) bond motifs is 8. The molecular formula is C56H85N5O3Si. The fourth-order valence-corrected chi connectivity index (χ4v) is 23.8. The van der Waals surface area contributed by atoms with Crippen molar-refractivity contribution in [2.45, 2.75) is 183 Å². The van der Waals surface area contributed by atoms with Crippen LogP contribution in [0.3, 0.4) is 0 Å². The number of hydrogen-bond acceptors (Lipinski definition) is 6. The zero-order valence-corrected chi connectivity index (χ0v) is 43.8. The van der Waals surface area contributed by atoms with Gasteiger partial charge in [0, 0.05) is 48.7 Å². The Morgan fingerprint density at radius 1 is 0.892 bits per heavy atom. The number of morpholine rings is 1. The van der Waals surface area contributed by atoms with E-state index in [0.717, 1.165) is 83.4 Å². The number of carbonyl (C=O) groups excluding carboxylic acids is 1. The predicted octanol–water partition coefficient (Wildman–Crippen LogP) is 12.7. The summed E-state index contributed by atoms with van der Waals surface area (Å²) in [6.45, 7) is 37.7. The zero-order valence-electron chi connectivity index (χ0n) is 42.8. The van der Waals surface area contributed by atoms with Crippen molar-refractivity contribution in [2.75, 3.05) is 32.0 Å². The summed E-state index contributed by atoms with van der Waals surface area (Å²) >= 11 is 0. The summed E-state index contributed by atoms with van der Waals surface area (Å²) in [5, 5.41) is 8.14. The third-order valence-corrected chi connectivity index (χ3v) is 27.2. The average molecular weight is 904 g/mol. The van der Waals surface area contributed by atoms with Crippen LogP contribution in [0.4, 0.5) is 5.82 Å². The molecule has 9 heteroatoms. The second-order valence-corrected chi connectivity index (χ2v) is 31.1. The molecule has 1 unspecified atom stereocenters. The highest BCUT2D eigenvalue weighted by atomic mass is 28.3. The van der Waals surface area contributed by atoms with Gasteiger partial charge in [-0.05, 0) is 136 Å². The summed E-state index contributed by atoms with van der Waals surface area (Å²) in [6, 6.07) is 10.3. The molecule has 9 rings (SSSR count). The van der Waals surface area contributed by atoms with Gasteiger partial charge in [0.2, 0.25) is 0 Å². The molecule has 6 aliphatic rings. The Kier molecular flexibility index (Phi) is 11.7. The summed E-state index contributed by atoms with van der Waals surface area (Å²) in [5.74, 6) is 1.72. The Hall–Kier alpha value is -3.14. The van der Waals surface area contributed by atoms with E-state index >= 15 is 4.79 Å². The summed E-state index contributed by atoms with van der Waals surface area (Å²) in [4.78, 5) is 18.0. The highest BCUT2D eigenvalue weighted by molar-refractivity contribution is 6.82. The Morgan fingerprint density at radius 3 is 2.22 bits per heavy atom. The summed E-state index contributed by atoms with van der Waals surface area (Å²) in [5.41, 5.74) is 17.6. The molecule has 356 valence electrons. The van der Waals surface area contributed by atoms with E-state index in [1.165, 1.54) is 35.2 Å². The fourth-order valence-electron chi connectivity index (χ4n) is 17.3. The molecule has 3 aromatic rings. The first kappa shape index (κ1) is 46.9. The van der Waals surface area contributed by atoms with Gasteiger partial charge in [-0.15, -0.1) is 0 Å². The van der Waals surface area contributed by atoms with E-state index in [0.29, 0.717) is 40.9 Å². The molecular weight excluding hydrogens is 819 g/mol. The lowest BCUT2D eigenvalue weighted by molar-refractivity contribution is -0.181. The van der Waals surface area contributed by atoms with Gasteiger partial charge in [-0.2, -0.15) is 5.10 Å². The summed E-state index contributed by atoms with van der Waals surface area (Å²) in [7, 11) is -2.14. The second-order valence-electron chi connectivity index (χ2n) is 25.3. The molecule has 1 saturated heterocycles. The predicted molar refractivity (Wildman–Crippen MR) is 268 cm³/mol. The second kappa shape index (κ2) is 16.2. The van der Waals surface area contributed by atoms with Gasteiger partial charge in [-0.3, -0.25) is 14.8 Å². The van der Waals surface area contributed by atoms with Crippen LogP contribution in [0.2, 0.25) is 16.6 Å². The Balaban J connectivity index is 1.31. The first-order valence-electron chi connectivity index (χ1n) is 25.9. The van der Waals surface area contributed by atoms with Crippen molar-refractivity contribution in [3.63, 3.8) is 0 Å². The van der Waals surface area contributed by atoms with Gasteiger partial charge in [0.25, 0.3) is 0 Å². The third-order valence-electron chi connectivity index (χ3n) is 20.5. The van der Waals surface area contributed by atoms with Gasteiger partial charge in [-0.25, -0.2) is 0 Å². The van der Waals surface area contributed by atoms with Crippen LogP contribution in [0.1, 0.15) is 169 Å². The van der Waals surface area contributed by atoms with Crippen LogP contribution in [-0.4, -0.2) is 59.8 Å². The Labute approximate surface area is 393 Å². The van der Waals surface area contributed by atoms with Crippen LogP contribution in [-0.2, 0) is 39.3 Å². The minimum absolute atomic E-state index is 0.00445. The molecule has 0 amide bonds. The number of H-pyrrole nitrogens is 1. The van der Waals surface area contributed by atoms with Gasteiger partial charge in [-0.1, -0.05) is 126 Å². The highest BCUT2D eigenvalue weighted by Gasteiger charge is 2.71. The van der Waals surface area contributed by atoms with Crippen molar-refractivity contribution in [1.29, 1.82) is 0 Å². The standard InChI is InChI=1S/C56H85N5O3Si/c1-36(2)65(37(3)4,38(5)6)61-33-40(32-60-25-27-63-28-26-60)43(34-61)41-29-46-53(11)30-42-48(58-59-49(42)57)52(9,10)45(53)19-20-54(46,12)55(13)22-24-56(23-21-51(7,8)31-44(56)47(41)55)50(62)64-35-39-17-15-14-16-18-39/h14-18,33-34,36-38,44-46H,19-32,35H2,1-13H3,(H3,57,58,59)/t44-,45-,46?,53-,54+,55+,56-/m0/s1. The Morgan fingerprint density at radius 2 is 1.55 bits per heavy atom. The highest BCUT2D eigenvalue weighted by Crippen LogP contribution is 2.77. The number of carbonyl (C=O) groups is 1. The summed E-state index contributed by atoms with van der Waals surface area (Å²) in [6.07, 6.45) is 14.5. The maximum absolute atomic E-state index is 15.4. The molecule has 65 heavy (non-hydrogen) atoms. The molecule has 1 aliphatic heterocycles. The van der Waals surface area contributed by atoms with Crippen LogP contribution < -0.4 is 5.73 Å². The van der Waals surface area contributed by atoms with E-state index in [4.69, 9.17) is 15.2 Å². The maximum Gasteiger partial charge on any atom is 0.313 e. The van der Waals surface area contributed by atoms with Crippen molar-refractivity contribution in [3.8, 4) is 0 Å². The number of allylic oxidation sites excluding steroid dienone is 2. The van der Waals surface area contributed by atoms with Crippen molar-refractivity contribution < 1.29 is 14.3 Å². The molecule has 0 radical (unpaired) electrons. The smallest absolute Gasteiger partial charge is 0.313 e. The molecule has 8 nitrogen and oxygen atoms in total. The number of hydrogen-bond donors (Lipinski definition) is 2. The van der Waals surface area contributed by atoms with Crippen LogP contribution in [0.15, 0.2) is 48.3 Å². The van der Waals surface area contributed by atoms with Crippen LogP contribution in [0.5, 0.6) is 0 Å². The van der Waals surface area contributed by atoms with Gasteiger partial charge in [0.05, 0.1) is 18.6 Å². The number of ether oxygens (including phenoxy) is 2. The SMILES string of the molecule is CC(C)[Si](C(C)C)(C(C)C)n1cc(CN2CCOCC2)c(C2=C3[C@@H]4CC(C)(C)CC[C@]4(C(=O)OCc4ccccc4)CC[C@@]3(C)[C@]3(C)CC[C@H]4C(C)(C)c5[nH]nc(N)c5C[C@]4(C)C3C2)c1. The quantitative estimate of drug-likeness (QED) is 0.155. The third kappa shape index (κ3) is 6.97. The number of aromatic amines is 1. The number of anilines is 1. The largest absolute Gasteiger partial charge is 0.460 e. The van der Waals surface area contributed by atoms with Crippen LogP contribution in [0.25, 0.3) is 5.57 Å². The van der Waals surface area contributed by atoms with Crippen LogP contribution >= 0.6 is 0 Å². The van der Waals surface area contributed by atoms with E-state index < -0.39 is 13.7 Å². The lowest BCUT2D eigenvalue weighted by atomic mass is 9.32. The molecule has 5 aliphatic carbocycles. The topological polar surface area (TPSA) is 98.4 Å². The number of nitrogens with one attached hydrogen (secondary N) is 1. The van der Waals surface area contributed by atoms with E-state index in [2.05, 4.69) is 146 Å². The molecule has 3 heterocycles. The first-order chi connectivity index (χ1) is 30.6. The van der Waals surface area contributed by atoms with Crippen molar-refractivity contribution in [3.05, 3.63) is 76.2 Å².